The van der Waals surface area contributed by atoms with Gasteiger partial charge in [0.2, 0.25) is 0 Å². The fourth-order valence-electron chi connectivity index (χ4n) is 4.17. The molecule has 0 spiro atoms. The van der Waals surface area contributed by atoms with Gasteiger partial charge in [-0.05, 0) is 24.8 Å². The minimum absolute atomic E-state index is 0.828. The molecular weight excluding hydrogens is 300 g/mol. The summed E-state index contributed by atoms with van der Waals surface area (Å²) in [7, 11) is 0. The summed E-state index contributed by atoms with van der Waals surface area (Å²) >= 11 is 0. The third-order valence-corrected chi connectivity index (χ3v) is 5.91. The smallest absolute Gasteiger partial charge is 0.181 e. The number of aromatic nitrogens is 2. The predicted octanol–water partition coefficient (Wildman–Crippen LogP) is 3.56. The molecule has 2 aliphatic rings. The van der Waals surface area contributed by atoms with Crippen molar-refractivity contribution in [2.24, 2.45) is 11.8 Å². The van der Waals surface area contributed by atoms with Crippen LogP contribution < -0.4 is 4.90 Å². The summed E-state index contributed by atoms with van der Waals surface area (Å²) in [5, 5.41) is 5.29. The SMILES string of the molecule is CC1CCC(CCN2CCN(c3noc4ccncc34)CC2)CC1. The van der Waals surface area contributed by atoms with Crippen LogP contribution in [0, 0.1) is 11.8 Å². The molecule has 2 aromatic rings. The van der Waals surface area contributed by atoms with Gasteiger partial charge in [0.1, 0.15) is 0 Å². The summed E-state index contributed by atoms with van der Waals surface area (Å²) in [6, 6.07) is 1.88. The van der Waals surface area contributed by atoms with E-state index in [0.29, 0.717) is 0 Å². The molecule has 3 heterocycles. The number of nitrogens with zero attached hydrogens (tertiary/aromatic N) is 4. The van der Waals surface area contributed by atoms with Crippen LogP contribution in [0.1, 0.15) is 39.0 Å². The molecule has 5 nitrogen and oxygen atoms in total. The first-order valence-corrected chi connectivity index (χ1v) is 9.46. The summed E-state index contributed by atoms with van der Waals surface area (Å²) < 4.78 is 5.42. The zero-order valence-corrected chi connectivity index (χ0v) is 14.7. The van der Waals surface area contributed by atoms with Crippen molar-refractivity contribution in [1.82, 2.24) is 15.0 Å². The molecule has 0 aromatic carbocycles. The average molecular weight is 328 g/mol. The molecule has 1 saturated heterocycles. The molecule has 4 rings (SSSR count). The third kappa shape index (κ3) is 3.41. The van der Waals surface area contributed by atoms with Crippen LogP contribution in [0.4, 0.5) is 5.82 Å². The van der Waals surface area contributed by atoms with Gasteiger partial charge in [-0.15, -0.1) is 0 Å². The lowest BCUT2D eigenvalue weighted by molar-refractivity contribution is 0.208. The quantitative estimate of drug-likeness (QED) is 0.859. The highest BCUT2D eigenvalue weighted by Crippen LogP contribution is 2.31. The lowest BCUT2D eigenvalue weighted by Gasteiger charge is -2.36. The van der Waals surface area contributed by atoms with E-state index in [9.17, 15) is 0 Å². The van der Waals surface area contributed by atoms with Crippen molar-refractivity contribution >= 4 is 16.8 Å². The second-order valence-electron chi connectivity index (χ2n) is 7.62. The van der Waals surface area contributed by atoms with Crippen molar-refractivity contribution in [2.75, 3.05) is 37.6 Å². The van der Waals surface area contributed by atoms with Crippen LogP contribution in [-0.2, 0) is 0 Å². The summed E-state index contributed by atoms with van der Waals surface area (Å²) in [6.07, 6.45) is 10.7. The molecule has 0 atom stereocenters. The van der Waals surface area contributed by atoms with Gasteiger partial charge in [0, 0.05) is 44.6 Å². The first kappa shape index (κ1) is 15.9. The van der Waals surface area contributed by atoms with E-state index in [1.54, 1.807) is 6.20 Å². The fourth-order valence-corrected chi connectivity index (χ4v) is 4.17. The normalized spacial score (nSPS) is 26.1. The van der Waals surface area contributed by atoms with E-state index < -0.39 is 0 Å². The topological polar surface area (TPSA) is 45.4 Å². The fraction of sp³-hybridized carbons (Fsp3) is 0.684. The van der Waals surface area contributed by atoms with Gasteiger partial charge < -0.3 is 9.42 Å². The molecule has 2 fully saturated rings. The minimum Gasteiger partial charge on any atom is -0.354 e. The highest BCUT2D eigenvalue weighted by molar-refractivity contribution is 5.87. The van der Waals surface area contributed by atoms with Gasteiger partial charge in [0.05, 0.1) is 5.39 Å². The Morgan fingerprint density at radius 1 is 1.12 bits per heavy atom. The molecular formula is C19H28N4O. The number of hydrogen-bond donors (Lipinski definition) is 0. The second-order valence-corrected chi connectivity index (χ2v) is 7.62. The van der Waals surface area contributed by atoms with Crippen LogP contribution in [0.3, 0.4) is 0 Å². The van der Waals surface area contributed by atoms with E-state index in [4.69, 9.17) is 4.52 Å². The van der Waals surface area contributed by atoms with Crippen molar-refractivity contribution in [3.05, 3.63) is 18.5 Å². The van der Waals surface area contributed by atoms with Crippen LogP contribution in [0.15, 0.2) is 23.0 Å². The van der Waals surface area contributed by atoms with Crippen molar-refractivity contribution in [2.45, 2.75) is 39.0 Å². The maximum Gasteiger partial charge on any atom is 0.181 e. The summed E-state index contributed by atoms with van der Waals surface area (Å²) in [5.41, 5.74) is 0.828. The molecule has 0 bridgehead atoms. The lowest BCUT2D eigenvalue weighted by atomic mass is 9.81. The Morgan fingerprint density at radius 3 is 2.71 bits per heavy atom. The van der Waals surface area contributed by atoms with Crippen molar-refractivity contribution < 1.29 is 4.52 Å². The number of piperazine rings is 1. The molecule has 0 amide bonds. The number of rotatable bonds is 4. The van der Waals surface area contributed by atoms with E-state index in [0.717, 1.165) is 54.8 Å². The van der Waals surface area contributed by atoms with Gasteiger partial charge in [0.15, 0.2) is 11.4 Å². The highest BCUT2D eigenvalue weighted by atomic mass is 16.5. The minimum atomic E-state index is 0.828. The molecule has 1 aliphatic heterocycles. The lowest BCUT2D eigenvalue weighted by Crippen LogP contribution is -2.47. The number of hydrogen-bond acceptors (Lipinski definition) is 5. The number of fused-ring (bicyclic) bond motifs is 1. The first-order chi connectivity index (χ1) is 11.8. The van der Waals surface area contributed by atoms with Crippen LogP contribution in [0.25, 0.3) is 11.0 Å². The summed E-state index contributed by atoms with van der Waals surface area (Å²) in [5.74, 6) is 2.88. The second kappa shape index (κ2) is 7.09. The molecule has 130 valence electrons. The molecule has 0 radical (unpaired) electrons. The molecule has 24 heavy (non-hydrogen) atoms. The van der Waals surface area contributed by atoms with Gasteiger partial charge in [-0.3, -0.25) is 9.88 Å². The Hall–Kier alpha value is -1.62. The number of anilines is 1. The van der Waals surface area contributed by atoms with E-state index in [-0.39, 0.29) is 0 Å². The van der Waals surface area contributed by atoms with Gasteiger partial charge in [-0.25, -0.2) is 0 Å². The Labute approximate surface area is 144 Å². The van der Waals surface area contributed by atoms with Crippen molar-refractivity contribution in [3.63, 3.8) is 0 Å². The van der Waals surface area contributed by atoms with Crippen LogP contribution in [-0.4, -0.2) is 47.8 Å². The van der Waals surface area contributed by atoms with E-state index in [1.165, 1.54) is 38.6 Å². The van der Waals surface area contributed by atoms with Crippen LogP contribution in [0.2, 0.25) is 0 Å². The largest absolute Gasteiger partial charge is 0.354 e. The highest BCUT2D eigenvalue weighted by Gasteiger charge is 2.23. The standard InChI is InChI=1S/C19H28N4O/c1-15-2-4-16(5-3-15)7-9-22-10-12-23(13-11-22)19-17-14-20-8-6-18(17)24-21-19/h6,8,14-16H,2-5,7,9-13H2,1H3. The van der Waals surface area contributed by atoms with E-state index >= 15 is 0 Å². The Kier molecular flexibility index (Phi) is 4.69. The molecule has 2 aromatic heterocycles. The Bertz CT molecular complexity index is 654. The van der Waals surface area contributed by atoms with Gasteiger partial charge in [-0.2, -0.15) is 0 Å². The maximum absolute atomic E-state index is 5.42. The van der Waals surface area contributed by atoms with Crippen LogP contribution in [0.5, 0.6) is 0 Å². The molecule has 1 aliphatic carbocycles. The van der Waals surface area contributed by atoms with Gasteiger partial charge in [0.25, 0.3) is 0 Å². The Balaban J connectivity index is 1.27. The third-order valence-electron chi connectivity index (χ3n) is 5.91. The van der Waals surface area contributed by atoms with E-state index in [2.05, 4.69) is 26.9 Å². The monoisotopic (exact) mass is 328 g/mol. The molecule has 0 N–H and O–H groups in total. The van der Waals surface area contributed by atoms with Gasteiger partial charge >= 0.3 is 0 Å². The van der Waals surface area contributed by atoms with Crippen LogP contribution >= 0.6 is 0 Å². The van der Waals surface area contributed by atoms with Crippen molar-refractivity contribution in [3.8, 4) is 0 Å². The number of pyridine rings is 1. The average Bonchev–Trinajstić information content (AvgIpc) is 3.06. The van der Waals surface area contributed by atoms with Crippen molar-refractivity contribution in [1.29, 1.82) is 0 Å². The predicted molar refractivity (Wildman–Crippen MR) is 96.2 cm³/mol. The zero-order valence-electron chi connectivity index (χ0n) is 14.7. The summed E-state index contributed by atoms with van der Waals surface area (Å²) in [6.45, 7) is 7.96. The first-order valence-electron chi connectivity index (χ1n) is 9.46. The zero-order chi connectivity index (χ0) is 16.4. The maximum atomic E-state index is 5.42. The van der Waals surface area contributed by atoms with E-state index in [1.807, 2.05) is 12.3 Å². The molecule has 0 unspecified atom stereocenters. The van der Waals surface area contributed by atoms with Gasteiger partial charge in [-0.1, -0.05) is 37.8 Å². The molecule has 5 heteroatoms. The Morgan fingerprint density at radius 2 is 1.92 bits per heavy atom. The molecule has 1 saturated carbocycles. The summed E-state index contributed by atoms with van der Waals surface area (Å²) in [4.78, 5) is 9.16.